The summed E-state index contributed by atoms with van der Waals surface area (Å²) < 4.78 is 5.90. The molecule has 0 atom stereocenters. The second-order valence-electron chi connectivity index (χ2n) is 6.36. The van der Waals surface area contributed by atoms with Crippen molar-refractivity contribution in [2.45, 2.75) is 24.9 Å². The molecule has 2 aliphatic heterocycles. The normalized spacial score (nSPS) is 19.9. The van der Waals surface area contributed by atoms with Crippen molar-refractivity contribution in [1.29, 1.82) is 0 Å². The number of pyridine rings is 1. The SMILES string of the molecule is Nc1ccnc(N2CCC3(CC2)COCc2ccccc23)c1. The Bertz CT molecular complexity index is 678. The van der Waals surface area contributed by atoms with Crippen LogP contribution in [0.25, 0.3) is 0 Å². The van der Waals surface area contributed by atoms with E-state index < -0.39 is 0 Å². The summed E-state index contributed by atoms with van der Waals surface area (Å²) in [5.41, 5.74) is 9.66. The predicted octanol–water partition coefficient (Wildman–Crippen LogP) is 2.73. The zero-order valence-corrected chi connectivity index (χ0v) is 12.7. The molecule has 2 aliphatic rings. The smallest absolute Gasteiger partial charge is 0.130 e. The lowest BCUT2D eigenvalue weighted by molar-refractivity contribution is 0.0400. The number of nitrogen functional groups attached to an aromatic ring is 1. The summed E-state index contributed by atoms with van der Waals surface area (Å²) in [5.74, 6) is 0.986. The third-order valence-electron chi connectivity index (χ3n) is 5.04. The molecule has 0 bridgehead atoms. The molecule has 0 aliphatic carbocycles. The summed E-state index contributed by atoms with van der Waals surface area (Å²) in [6, 6.07) is 12.5. The van der Waals surface area contributed by atoms with Crippen LogP contribution in [-0.4, -0.2) is 24.7 Å². The van der Waals surface area contributed by atoms with Gasteiger partial charge in [0.15, 0.2) is 0 Å². The summed E-state index contributed by atoms with van der Waals surface area (Å²) in [6.07, 6.45) is 3.98. The van der Waals surface area contributed by atoms with E-state index >= 15 is 0 Å². The molecule has 1 aromatic carbocycles. The van der Waals surface area contributed by atoms with E-state index in [0.29, 0.717) is 0 Å². The predicted molar refractivity (Wildman–Crippen MR) is 87.9 cm³/mol. The molecule has 1 spiro atoms. The molecular weight excluding hydrogens is 274 g/mol. The number of nitrogens with two attached hydrogens (primary N) is 1. The van der Waals surface area contributed by atoms with Gasteiger partial charge < -0.3 is 15.4 Å². The van der Waals surface area contributed by atoms with Crippen molar-refractivity contribution in [1.82, 2.24) is 4.98 Å². The quantitative estimate of drug-likeness (QED) is 0.879. The number of piperidine rings is 1. The molecule has 1 saturated heterocycles. The fraction of sp³-hybridized carbons (Fsp3) is 0.389. The van der Waals surface area contributed by atoms with Gasteiger partial charge in [-0.05, 0) is 30.0 Å². The minimum absolute atomic E-state index is 0.172. The van der Waals surface area contributed by atoms with Gasteiger partial charge in [0.25, 0.3) is 0 Å². The summed E-state index contributed by atoms with van der Waals surface area (Å²) in [5, 5.41) is 0. The molecule has 4 rings (SSSR count). The lowest BCUT2D eigenvalue weighted by Gasteiger charge is -2.45. The van der Waals surface area contributed by atoms with Crippen LogP contribution >= 0.6 is 0 Å². The van der Waals surface area contributed by atoms with Crippen LogP contribution in [-0.2, 0) is 16.8 Å². The minimum Gasteiger partial charge on any atom is -0.399 e. The highest BCUT2D eigenvalue weighted by atomic mass is 16.5. The van der Waals surface area contributed by atoms with E-state index in [1.165, 1.54) is 11.1 Å². The van der Waals surface area contributed by atoms with E-state index in [4.69, 9.17) is 10.5 Å². The minimum atomic E-state index is 0.172. The van der Waals surface area contributed by atoms with Crippen molar-refractivity contribution in [3.8, 4) is 0 Å². The van der Waals surface area contributed by atoms with Crippen molar-refractivity contribution in [3.05, 3.63) is 53.7 Å². The van der Waals surface area contributed by atoms with E-state index in [0.717, 1.165) is 50.7 Å². The number of fused-ring (bicyclic) bond motifs is 2. The third kappa shape index (κ3) is 2.24. The van der Waals surface area contributed by atoms with Crippen LogP contribution in [0.3, 0.4) is 0 Å². The van der Waals surface area contributed by atoms with Crippen LogP contribution in [0, 0.1) is 0 Å². The Balaban J connectivity index is 1.57. The molecule has 1 aromatic heterocycles. The van der Waals surface area contributed by atoms with Gasteiger partial charge in [0, 0.05) is 36.5 Å². The van der Waals surface area contributed by atoms with Crippen molar-refractivity contribution >= 4 is 11.5 Å². The summed E-state index contributed by atoms with van der Waals surface area (Å²) in [7, 11) is 0. The highest BCUT2D eigenvalue weighted by Gasteiger charge is 2.40. The Morgan fingerprint density at radius 2 is 1.95 bits per heavy atom. The fourth-order valence-corrected chi connectivity index (χ4v) is 3.78. The van der Waals surface area contributed by atoms with Gasteiger partial charge in [0.2, 0.25) is 0 Å². The first kappa shape index (κ1) is 13.6. The Hall–Kier alpha value is -2.07. The Morgan fingerprint density at radius 1 is 1.14 bits per heavy atom. The largest absolute Gasteiger partial charge is 0.399 e. The molecule has 4 nitrogen and oxygen atoms in total. The maximum atomic E-state index is 5.90. The molecule has 22 heavy (non-hydrogen) atoms. The second-order valence-corrected chi connectivity index (χ2v) is 6.36. The standard InChI is InChI=1S/C18H21N3O/c19-15-5-8-20-17(11-15)21-9-6-18(7-10-21)13-22-12-14-3-1-2-4-16(14)18/h1-5,8,11H,6-7,9-10,12-13H2,(H2,19,20). The van der Waals surface area contributed by atoms with Crippen LogP contribution in [0.1, 0.15) is 24.0 Å². The van der Waals surface area contributed by atoms with Gasteiger partial charge in [-0.3, -0.25) is 0 Å². The molecule has 0 amide bonds. The van der Waals surface area contributed by atoms with Crippen LogP contribution in [0.2, 0.25) is 0 Å². The van der Waals surface area contributed by atoms with Gasteiger partial charge in [-0.15, -0.1) is 0 Å². The first-order valence-corrected chi connectivity index (χ1v) is 7.89. The number of rotatable bonds is 1. The number of hydrogen-bond donors (Lipinski definition) is 1. The van der Waals surface area contributed by atoms with E-state index in [1.54, 1.807) is 6.20 Å². The van der Waals surface area contributed by atoms with Gasteiger partial charge in [0.05, 0.1) is 13.2 Å². The summed E-state index contributed by atoms with van der Waals surface area (Å²) in [4.78, 5) is 6.79. The topological polar surface area (TPSA) is 51.4 Å². The van der Waals surface area contributed by atoms with Gasteiger partial charge in [-0.2, -0.15) is 0 Å². The zero-order chi connectivity index (χ0) is 15.0. The molecule has 0 saturated carbocycles. The third-order valence-corrected chi connectivity index (χ3v) is 5.04. The van der Waals surface area contributed by atoms with E-state index in [1.807, 2.05) is 12.1 Å². The van der Waals surface area contributed by atoms with E-state index in [2.05, 4.69) is 34.1 Å². The Labute approximate surface area is 130 Å². The molecule has 3 heterocycles. The van der Waals surface area contributed by atoms with Crippen molar-refractivity contribution in [2.24, 2.45) is 0 Å². The number of hydrogen-bond acceptors (Lipinski definition) is 4. The number of ether oxygens (including phenoxy) is 1. The first-order valence-electron chi connectivity index (χ1n) is 7.89. The van der Waals surface area contributed by atoms with Crippen LogP contribution in [0.15, 0.2) is 42.6 Å². The van der Waals surface area contributed by atoms with Gasteiger partial charge in [-0.1, -0.05) is 24.3 Å². The maximum Gasteiger partial charge on any atom is 0.130 e. The number of nitrogens with zero attached hydrogens (tertiary/aromatic N) is 2. The fourth-order valence-electron chi connectivity index (χ4n) is 3.78. The van der Waals surface area contributed by atoms with Crippen LogP contribution < -0.4 is 10.6 Å². The molecule has 4 heteroatoms. The van der Waals surface area contributed by atoms with Crippen LogP contribution in [0.5, 0.6) is 0 Å². The van der Waals surface area contributed by atoms with Crippen LogP contribution in [0.4, 0.5) is 11.5 Å². The first-order chi connectivity index (χ1) is 10.8. The van der Waals surface area contributed by atoms with Gasteiger partial charge >= 0.3 is 0 Å². The highest BCUT2D eigenvalue weighted by molar-refractivity contribution is 5.51. The molecule has 2 N–H and O–H groups in total. The Morgan fingerprint density at radius 3 is 2.77 bits per heavy atom. The van der Waals surface area contributed by atoms with Crippen molar-refractivity contribution in [3.63, 3.8) is 0 Å². The van der Waals surface area contributed by atoms with Gasteiger partial charge in [-0.25, -0.2) is 4.98 Å². The van der Waals surface area contributed by atoms with E-state index in [9.17, 15) is 0 Å². The molecule has 0 radical (unpaired) electrons. The monoisotopic (exact) mass is 295 g/mol. The maximum absolute atomic E-state index is 5.90. The number of anilines is 2. The number of benzene rings is 1. The number of aromatic nitrogens is 1. The van der Waals surface area contributed by atoms with E-state index in [-0.39, 0.29) is 5.41 Å². The lowest BCUT2D eigenvalue weighted by atomic mass is 9.71. The molecule has 2 aromatic rings. The van der Waals surface area contributed by atoms with Gasteiger partial charge in [0.1, 0.15) is 5.82 Å². The average Bonchev–Trinajstić information content (AvgIpc) is 2.56. The lowest BCUT2D eigenvalue weighted by Crippen LogP contribution is -2.47. The summed E-state index contributed by atoms with van der Waals surface area (Å²) >= 11 is 0. The molecule has 0 unspecified atom stereocenters. The zero-order valence-electron chi connectivity index (χ0n) is 12.7. The average molecular weight is 295 g/mol. The van der Waals surface area contributed by atoms with Crippen molar-refractivity contribution < 1.29 is 4.74 Å². The summed E-state index contributed by atoms with van der Waals surface area (Å²) in [6.45, 7) is 3.57. The second kappa shape index (κ2) is 5.29. The van der Waals surface area contributed by atoms with Crippen molar-refractivity contribution in [2.75, 3.05) is 30.3 Å². The molecule has 1 fully saturated rings. The Kier molecular flexibility index (Phi) is 3.26. The molecule has 114 valence electrons. The highest BCUT2D eigenvalue weighted by Crippen LogP contribution is 2.41. The molecular formula is C18H21N3O.